The Balaban J connectivity index is 2.06. The van der Waals surface area contributed by atoms with Gasteiger partial charge in [0.1, 0.15) is 10.7 Å². The van der Waals surface area contributed by atoms with Crippen LogP contribution in [0.5, 0.6) is 0 Å². The number of carbonyl (C=O) groups is 1. The third kappa shape index (κ3) is 3.30. The Morgan fingerprint density at radius 1 is 1.68 bits per heavy atom. The van der Waals surface area contributed by atoms with Crippen molar-refractivity contribution in [3.63, 3.8) is 0 Å². The molecule has 1 aliphatic rings. The summed E-state index contributed by atoms with van der Waals surface area (Å²) in [5, 5.41) is 14.8. The van der Waals surface area contributed by atoms with Crippen LogP contribution in [-0.2, 0) is 4.74 Å². The van der Waals surface area contributed by atoms with E-state index >= 15 is 0 Å². The molecule has 1 aromatic heterocycles. The number of amides is 1. The van der Waals surface area contributed by atoms with Crippen LogP contribution in [0.25, 0.3) is 0 Å². The molecule has 7 heteroatoms. The predicted octanol–water partition coefficient (Wildman–Crippen LogP) is 0.434. The molecule has 0 spiro atoms. The largest absolute Gasteiger partial charge is 0.394 e. The molecule has 1 aromatic rings. The highest BCUT2D eigenvalue weighted by Gasteiger charge is 2.34. The number of aliphatic hydroxyl groups excluding tert-OH is 1. The summed E-state index contributed by atoms with van der Waals surface area (Å²) in [5.74, 6) is -0.265. The van der Waals surface area contributed by atoms with Crippen LogP contribution in [0.4, 0.5) is 0 Å². The van der Waals surface area contributed by atoms with Gasteiger partial charge in [0.15, 0.2) is 0 Å². The minimum absolute atomic E-state index is 0.0909. The second kappa shape index (κ2) is 5.96. The Bertz CT molecular complexity index is 441. The molecule has 0 saturated carbocycles. The first kappa shape index (κ1) is 14.4. The van der Waals surface area contributed by atoms with Crippen molar-refractivity contribution in [3.8, 4) is 0 Å². The number of carbonyl (C=O) groups excluding carboxylic acids is 1. The normalized spacial score (nSPS) is 19.9. The Kier molecular flexibility index (Phi) is 4.51. The van der Waals surface area contributed by atoms with E-state index in [2.05, 4.69) is 10.3 Å². The number of nitrogens with one attached hydrogen (secondary N) is 1. The van der Waals surface area contributed by atoms with Gasteiger partial charge in [-0.05, 0) is 19.8 Å². The van der Waals surface area contributed by atoms with Gasteiger partial charge in [0.25, 0.3) is 5.91 Å². The first-order chi connectivity index (χ1) is 9.06. The molecule has 0 aliphatic carbocycles. The maximum absolute atomic E-state index is 12.2. The molecule has 0 radical (unpaired) electrons. The zero-order chi connectivity index (χ0) is 13.9. The van der Waals surface area contributed by atoms with Gasteiger partial charge in [0.05, 0.1) is 18.2 Å². The summed E-state index contributed by atoms with van der Waals surface area (Å²) in [7, 11) is 0. The van der Waals surface area contributed by atoms with Gasteiger partial charge in [-0.1, -0.05) is 0 Å². The van der Waals surface area contributed by atoms with E-state index in [1.54, 1.807) is 5.38 Å². The first-order valence-electron chi connectivity index (χ1n) is 6.28. The van der Waals surface area contributed by atoms with Gasteiger partial charge in [0.2, 0.25) is 0 Å². The number of aliphatic hydroxyl groups is 1. The van der Waals surface area contributed by atoms with Crippen LogP contribution >= 0.6 is 11.3 Å². The minimum atomic E-state index is -0.590. The van der Waals surface area contributed by atoms with E-state index in [4.69, 9.17) is 10.5 Å². The molecule has 0 bridgehead atoms. The molecule has 106 valence electrons. The standard InChI is InChI=1S/C12H19N3O3S/c1-8(13)11-14-9(6-19-11)10(17)15-12(7-16)2-4-18-5-3-12/h6,8,16H,2-5,7,13H2,1H3,(H,15,17). The Morgan fingerprint density at radius 2 is 2.37 bits per heavy atom. The van der Waals surface area contributed by atoms with E-state index < -0.39 is 5.54 Å². The minimum Gasteiger partial charge on any atom is -0.394 e. The molecule has 0 aromatic carbocycles. The molecular weight excluding hydrogens is 266 g/mol. The molecular formula is C12H19N3O3S. The SMILES string of the molecule is CC(N)c1nc(C(=O)NC2(CO)CCOCC2)cs1. The Hall–Kier alpha value is -1.02. The molecule has 2 rings (SSSR count). The lowest BCUT2D eigenvalue weighted by Gasteiger charge is -2.36. The van der Waals surface area contributed by atoms with Gasteiger partial charge in [-0.25, -0.2) is 4.98 Å². The van der Waals surface area contributed by atoms with Crippen LogP contribution in [0.15, 0.2) is 5.38 Å². The lowest BCUT2D eigenvalue weighted by Crippen LogP contribution is -2.54. The lowest BCUT2D eigenvalue weighted by molar-refractivity contribution is 0.0124. The van der Waals surface area contributed by atoms with Crippen LogP contribution in [0.1, 0.15) is 41.3 Å². The van der Waals surface area contributed by atoms with Crippen molar-refractivity contribution in [1.29, 1.82) is 0 Å². The van der Waals surface area contributed by atoms with Crippen LogP contribution < -0.4 is 11.1 Å². The topological polar surface area (TPSA) is 97.5 Å². The molecule has 2 heterocycles. The van der Waals surface area contributed by atoms with Gasteiger partial charge in [-0.15, -0.1) is 11.3 Å². The van der Waals surface area contributed by atoms with Crippen molar-refractivity contribution in [2.24, 2.45) is 5.73 Å². The fourth-order valence-corrected chi connectivity index (χ4v) is 2.75. The molecule has 1 fully saturated rings. The van der Waals surface area contributed by atoms with Crippen LogP contribution in [-0.4, -0.2) is 41.4 Å². The number of aromatic nitrogens is 1. The molecule has 1 atom stereocenters. The van der Waals surface area contributed by atoms with Gasteiger partial charge in [-0.3, -0.25) is 4.79 Å². The number of nitrogens with two attached hydrogens (primary N) is 1. The van der Waals surface area contributed by atoms with Crippen molar-refractivity contribution >= 4 is 17.2 Å². The zero-order valence-corrected chi connectivity index (χ0v) is 11.7. The summed E-state index contributed by atoms with van der Waals surface area (Å²) in [5.41, 5.74) is 5.49. The second-order valence-corrected chi connectivity index (χ2v) is 5.75. The van der Waals surface area contributed by atoms with Gasteiger partial charge in [0, 0.05) is 18.6 Å². The molecule has 1 aliphatic heterocycles. The number of hydrogen-bond donors (Lipinski definition) is 3. The van der Waals surface area contributed by atoms with Crippen molar-refractivity contribution in [2.45, 2.75) is 31.3 Å². The third-order valence-corrected chi connectivity index (χ3v) is 4.32. The number of rotatable bonds is 4. The monoisotopic (exact) mass is 285 g/mol. The smallest absolute Gasteiger partial charge is 0.271 e. The van der Waals surface area contributed by atoms with E-state index in [0.29, 0.717) is 31.7 Å². The highest BCUT2D eigenvalue weighted by Crippen LogP contribution is 2.22. The number of ether oxygens (including phenoxy) is 1. The maximum Gasteiger partial charge on any atom is 0.271 e. The lowest BCUT2D eigenvalue weighted by atomic mass is 9.91. The summed E-state index contributed by atoms with van der Waals surface area (Å²) < 4.78 is 5.26. The highest BCUT2D eigenvalue weighted by molar-refractivity contribution is 7.09. The van der Waals surface area contributed by atoms with Crippen molar-refractivity contribution in [1.82, 2.24) is 10.3 Å². The first-order valence-corrected chi connectivity index (χ1v) is 7.16. The molecule has 6 nitrogen and oxygen atoms in total. The fraction of sp³-hybridized carbons (Fsp3) is 0.667. The summed E-state index contributed by atoms with van der Waals surface area (Å²) >= 11 is 1.37. The van der Waals surface area contributed by atoms with E-state index in [1.807, 2.05) is 6.92 Å². The molecule has 1 saturated heterocycles. The third-order valence-electron chi connectivity index (χ3n) is 3.28. The van der Waals surface area contributed by atoms with Crippen LogP contribution in [0.2, 0.25) is 0 Å². The summed E-state index contributed by atoms with van der Waals surface area (Å²) in [6.45, 7) is 2.83. The molecule has 4 N–H and O–H groups in total. The van der Waals surface area contributed by atoms with Crippen LogP contribution in [0, 0.1) is 0 Å². The van der Waals surface area contributed by atoms with Crippen molar-refractivity contribution in [2.75, 3.05) is 19.8 Å². The maximum atomic E-state index is 12.2. The molecule has 1 unspecified atom stereocenters. The van der Waals surface area contributed by atoms with Crippen LogP contribution in [0.3, 0.4) is 0 Å². The average Bonchev–Trinajstić information content (AvgIpc) is 2.89. The zero-order valence-electron chi connectivity index (χ0n) is 10.9. The van der Waals surface area contributed by atoms with Gasteiger partial charge < -0.3 is 20.9 Å². The number of hydrogen-bond acceptors (Lipinski definition) is 6. The Labute approximate surface area is 116 Å². The quantitative estimate of drug-likeness (QED) is 0.745. The van der Waals surface area contributed by atoms with Crippen molar-refractivity contribution in [3.05, 3.63) is 16.1 Å². The predicted molar refractivity (Wildman–Crippen MR) is 72.1 cm³/mol. The average molecular weight is 285 g/mol. The van der Waals surface area contributed by atoms with E-state index in [9.17, 15) is 9.90 Å². The number of thiazole rings is 1. The fourth-order valence-electron chi connectivity index (χ4n) is 1.99. The Morgan fingerprint density at radius 3 is 2.89 bits per heavy atom. The van der Waals surface area contributed by atoms with Gasteiger partial charge in [-0.2, -0.15) is 0 Å². The summed E-state index contributed by atoms with van der Waals surface area (Å²) in [6, 6.07) is -0.179. The summed E-state index contributed by atoms with van der Waals surface area (Å²) in [6.07, 6.45) is 1.22. The second-order valence-electron chi connectivity index (χ2n) is 4.86. The van der Waals surface area contributed by atoms with Crippen molar-refractivity contribution < 1.29 is 14.6 Å². The summed E-state index contributed by atoms with van der Waals surface area (Å²) in [4.78, 5) is 16.4. The van der Waals surface area contributed by atoms with E-state index in [-0.39, 0.29) is 18.6 Å². The molecule has 1 amide bonds. The molecule has 19 heavy (non-hydrogen) atoms. The van der Waals surface area contributed by atoms with E-state index in [1.165, 1.54) is 11.3 Å². The number of nitrogens with zero attached hydrogens (tertiary/aromatic N) is 1. The highest BCUT2D eigenvalue weighted by atomic mass is 32.1. The van der Waals surface area contributed by atoms with Gasteiger partial charge >= 0.3 is 0 Å². The van der Waals surface area contributed by atoms with E-state index in [0.717, 1.165) is 5.01 Å².